The third-order valence-corrected chi connectivity index (χ3v) is 4.91. The van der Waals surface area contributed by atoms with Crippen molar-refractivity contribution in [3.63, 3.8) is 0 Å². The smallest absolute Gasteiger partial charge is 0.277 e. The molecule has 0 saturated heterocycles. The highest BCUT2D eigenvalue weighted by Gasteiger charge is 2.39. The van der Waals surface area contributed by atoms with Crippen molar-refractivity contribution in [2.45, 2.75) is 6.92 Å². The summed E-state index contributed by atoms with van der Waals surface area (Å²) in [5.41, 5.74) is 1.16. The summed E-state index contributed by atoms with van der Waals surface area (Å²) in [5, 5.41) is -0.103. The maximum absolute atomic E-state index is 13.0. The van der Waals surface area contributed by atoms with E-state index in [2.05, 4.69) is 0 Å². The molecule has 30 heavy (non-hydrogen) atoms. The molecule has 3 aromatic rings. The van der Waals surface area contributed by atoms with Gasteiger partial charge in [0.25, 0.3) is 11.8 Å². The third kappa shape index (κ3) is 3.80. The van der Waals surface area contributed by atoms with E-state index in [1.807, 2.05) is 37.3 Å². The van der Waals surface area contributed by atoms with Crippen molar-refractivity contribution in [1.82, 2.24) is 0 Å². The molecule has 6 heteroatoms. The quantitative estimate of drug-likeness (QED) is 0.502. The second-order valence-corrected chi connectivity index (χ2v) is 6.88. The lowest BCUT2D eigenvalue weighted by Gasteiger charge is -2.15. The minimum absolute atomic E-state index is 0.103. The van der Waals surface area contributed by atoms with Crippen LogP contribution in [-0.2, 0) is 9.59 Å². The molecule has 0 spiro atoms. The van der Waals surface area contributed by atoms with Gasteiger partial charge in [-0.05, 0) is 61.0 Å². The number of carbonyl (C=O) groups excluding carboxylic acids is 2. The fraction of sp³-hybridized carbons (Fsp3) is 0.0833. The summed E-state index contributed by atoms with van der Waals surface area (Å²) < 4.78 is 11.2. The van der Waals surface area contributed by atoms with Gasteiger partial charge in [-0.1, -0.05) is 41.9 Å². The van der Waals surface area contributed by atoms with Crippen molar-refractivity contribution in [3.8, 4) is 17.2 Å². The molecule has 2 amide bonds. The number of nitrogens with zero attached hydrogens (tertiary/aromatic N) is 1. The normalized spacial score (nSPS) is 13.7. The van der Waals surface area contributed by atoms with Gasteiger partial charge in [-0.3, -0.25) is 9.59 Å². The van der Waals surface area contributed by atoms with Crippen LogP contribution in [0.1, 0.15) is 12.5 Å². The number of imide groups is 1. The Morgan fingerprint density at radius 3 is 2.00 bits per heavy atom. The van der Waals surface area contributed by atoms with E-state index < -0.39 is 11.8 Å². The molecule has 3 aromatic carbocycles. The van der Waals surface area contributed by atoms with Gasteiger partial charge in [0.1, 0.15) is 22.3 Å². The lowest BCUT2D eigenvalue weighted by molar-refractivity contribution is -0.119. The third-order valence-electron chi connectivity index (χ3n) is 4.56. The number of carbonyl (C=O) groups is 2. The van der Waals surface area contributed by atoms with Crippen molar-refractivity contribution in [2.75, 3.05) is 11.5 Å². The number of hydrogen-bond acceptors (Lipinski definition) is 4. The van der Waals surface area contributed by atoms with E-state index in [-0.39, 0.29) is 10.6 Å². The highest BCUT2D eigenvalue weighted by atomic mass is 35.5. The van der Waals surface area contributed by atoms with Crippen LogP contribution in [0.5, 0.6) is 17.2 Å². The average Bonchev–Trinajstić information content (AvgIpc) is 2.99. The highest BCUT2D eigenvalue weighted by molar-refractivity contribution is 6.60. The maximum atomic E-state index is 13.0. The van der Waals surface area contributed by atoms with Crippen LogP contribution < -0.4 is 14.4 Å². The molecule has 0 radical (unpaired) electrons. The Hall–Kier alpha value is -3.57. The molecule has 1 aliphatic rings. The fourth-order valence-electron chi connectivity index (χ4n) is 3.16. The second-order valence-electron chi connectivity index (χ2n) is 6.50. The molecule has 4 rings (SSSR count). The van der Waals surface area contributed by atoms with Gasteiger partial charge in [0, 0.05) is 0 Å². The molecule has 5 nitrogen and oxygen atoms in total. The molecule has 0 atom stereocenters. The number of anilines is 1. The Bertz CT molecular complexity index is 1110. The molecule has 0 aromatic heterocycles. The van der Waals surface area contributed by atoms with Gasteiger partial charge in [-0.25, -0.2) is 4.90 Å². The van der Waals surface area contributed by atoms with Crippen LogP contribution in [0.2, 0.25) is 0 Å². The molecule has 0 saturated carbocycles. The standard InChI is InChI=1S/C24H18ClNO4/c1-2-29-18-12-8-16(9-13-18)21-22(25)24(28)26(23(21)27)17-10-14-20(15-11-17)30-19-6-4-3-5-7-19/h3-15H,2H2,1H3. The van der Waals surface area contributed by atoms with Gasteiger partial charge >= 0.3 is 0 Å². The van der Waals surface area contributed by atoms with Crippen LogP contribution in [0.3, 0.4) is 0 Å². The van der Waals surface area contributed by atoms with Crippen LogP contribution in [-0.4, -0.2) is 18.4 Å². The molecule has 1 aliphatic heterocycles. The van der Waals surface area contributed by atoms with Crippen LogP contribution in [0.15, 0.2) is 83.9 Å². The number of amides is 2. The number of hydrogen-bond donors (Lipinski definition) is 0. The molecule has 0 bridgehead atoms. The van der Waals surface area contributed by atoms with Crippen molar-refractivity contribution < 1.29 is 19.1 Å². The van der Waals surface area contributed by atoms with Crippen molar-refractivity contribution >= 4 is 34.7 Å². The number of halogens is 1. The summed E-state index contributed by atoms with van der Waals surface area (Å²) in [7, 11) is 0. The fourth-order valence-corrected chi connectivity index (χ4v) is 3.43. The Morgan fingerprint density at radius 2 is 1.37 bits per heavy atom. The number of benzene rings is 3. The first kappa shape index (κ1) is 19.7. The number of para-hydroxylation sites is 1. The molecule has 1 heterocycles. The molecule has 150 valence electrons. The summed E-state index contributed by atoms with van der Waals surface area (Å²) in [4.78, 5) is 26.8. The van der Waals surface area contributed by atoms with Gasteiger partial charge in [-0.15, -0.1) is 0 Å². The Labute approximate surface area is 179 Å². The largest absolute Gasteiger partial charge is 0.494 e. The summed E-state index contributed by atoms with van der Waals surface area (Å²) >= 11 is 6.25. The van der Waals surface area contributed by atoms with E-state index in [1.165, 1.54) is 0 Å². The van der Waals surface area contributed by atoms with Crippen LogP contribution in [0.25, 0.3) is 5.57 Å². The zero-order valence-electron chi connectivity index (χ0n) is 16.2. The molecule has 0 aliphatic carbocycles. The Morgan fingerprint density at radius 1 is 0.767 bits per heavy atom. The van der Waals surface area contributed by atoms with E-state index in [0.717, 1.165) is 4.90 Å². The first-order valence-corrected chi connectivity index (χ1v) is 9.81. The first-order valence-electron chi connectivity index (χ1n) is 9.43. The van der Waals surface area contributed by atoms with Gasteiger partial charge in [-0.2, -0.15) is 0 Å². The Balaban J connectivity index is 1.56. The van der Waals surface area contributed by atoms with Gasteiger partial charge in [0.05, 0.1) is 17.9 Å². The van der Waals surface area contributed by atoms with Crippen LogP contribution in [0, 0.1) is 0 Å². The predicted octanol–water partition coefficient (Wildman–Crippen LogP) is 5.40. The maximum Gasteiger partial charge on any atom is 0.277 e. The summed E-state index contributed by atoms with van der Waals surface area (Å²) in [5.74, 6) is 0.949. The van der Waals surface area contributed by atoms with Crippen molar-refractivity contribution in [2.24, 2.45) is 0 Å². The SMILES string of the molecule is CCOc1ccc(C2=C(Cl)C(=O)N(c3ccc(Oc4ccccc4)cc3)C2=O)cc1. The topological polar surface area (TPSA) is 55.8 Å². The van der Waals surface area contributed by atoms with Crippen molar-refractivity contribution in [1.29, 1.82) is 0 Å². The van der Waals surface area contributed by atoms with Crippen LogP contribution in [0.4, 0.5) is 5.69 Å². The zero-order chi connectivity index (χ0) is 21.1. The second kappa shape index (κ2) is 8.43. The summed E-state index contributed by atoms with van der Waals surface area (Å²) in [6.45, 7) is 2.43. The van der Waals surface area contributed by atoms with Gasteiger partial charge < -0.3 is 9.47 Å². The lowest BCUT2D eigenvalue weighted by atomic mass is 10.1. The molecule has 0 unspecified atom stereocenters. The number of rotatable bonds is 6. The Kier molecular flexibility index (Phi) is 5.55. The highest BCUT2D eigenvalue weighted by Crippen LogP contribution is 2.36. The first-order chi connectivity index (χ1) is 14.6. The summed E-state index contributed by atoms with van der Waals surface area (Å²) in [6.07, 6.45) is 0. The van der Waals surface area contributed by atoms with E-state index in [9.17, 15) is 9.59 Å². The van der Waals surface area contributed by atoms with E-state index >= 15 is 0 Å². The number of ether oxygens (including phenoxy) is 2. The predicted molar refractivity (Wildman–Crippen MR) is 116 cm³/mol. The molecular formula is C24H18ClNO4. The average molecular weight is 420 g/mol. The molecule has 0 N–H and O–H groups in total. The lowest BCUT2D eigenvalue weighted by Crippen LogP contribution is -2.31. The van der Waals surface area contributed by atoms with Crippen LogP contribution >= 0.6 is 11.6 Å². The van der Waals surface area contributed by atoms with Crippen molar-refractivity contribution in [3.05, 3.63) is 89.5 Å². The molecular weight excluding hydrogens is 402 g/mol. The minimum Gasteiger partial charge on any atom is -0.494 e. The minimum atomic E-state index is -0.553. The summed E-state index contributed by atoms with van der Waals surface area (Å²) in [6, 6.07) is 23.0. The van der Waals surface area contributed by atoms with E-state index in [1.54, 1.807) is 48.5 Å². The van der Waals surface area contributed by atoms with E-state index in [4.69, 9.17) is 21.1 Å². The van der Waals surface area contributed by atoms with Gasteiger partial charge in [0.15, 0.2) is 0 Å². The zero-order valence-corrected chi connectivity index (χ0v) is 16.9. The van der Waals surface area contributed by atoms with E-state index in [0.29, 0.717) is 35.1 Å². The monoisotopic (exact) mass is 419 g/mol. The van der Waals surface area contributed by atoms with Gasteiger partial charge in [0.2, 0.25) is 0 Å². The molecule has 0 fully saturated rings.